The topological polar surface area (TPSA) is 63.5 Å². The largest absolute Gasteiger partial charge is 0.616 e. The van der Waals surface area contributed by atoms with Crippen LogP contribution in [-0.4, -0.2) is 39.5 Å². The molecule has 0 aliphatic carbocycles. The van der Waals surface area contributed by atoms with Crippen molar-refractivity contribution in [3.8, 4) is 0 Å². The van der Waals surface area contributed by atoms with Gasteiger partial charge in [0, 0.05) is 13.2 Å². The molecule has 0 spiro atoms. The predicted molar refractivity (Wildman–Crippen MR) is 106 cm³/mol. The fraction of sp³-hybridized carbons (Fsp3) is 1.00. The first-order valence-corrected chi connectivity index (χ1v) is 11.3. The SMILES string of the molecule is CC(C)(CCCO)CCCC[S+]([O-])CCCCC(C)(C)CCCO. The smallest absolute Gasteiger partial charge is 0.105 e. The molecule has 0 saturated carbocycles. The molecule has 0 aromatic carbocycles. The number of hydrogen-bond donors (Lipinski definition) is 2. The Morgan fingerprint density at radius 3 is 1.29 bits per heavy atom. The van der Waals surface area contributed by atoms with E-state index >= 15 is 0 Å². The molecule has 3 nitrogen and oxygen atoms in total. The van der Waals surface area contributed by atoms with Crippen LogP contribution in [0.3, 0.4) is 0 Å². The molecule has 24 heavy (non-hydrogen) atoms. The van der Waals surface area contributed by atoms with Gasteiger partial charge in [-0.3, -0.25) is 0 Å². The second-order valence-electron chi connectivity index (χ2n) is 8.75. The van der Waals surface area contributed by atoms with Crippen molar-refractivity contribution in [1.29, 1.82) is 0 Å². The van der Waals surface area contributed by atoms with Crippen LogP contribution in [0.1, 0.15) is 91.9 Å². The molecule has 0 aliphatic heterocycles. The van der Waals surface area contributed by atoms with E-state index in [1.807, 2.05) is 0 Å². The Labute approximate surface area is 153 Å². The van der Waals surface area contributed by atoms with Gasteiger partial charge in [-0.15, -0.1) is 0 Å². The molecule has 0 bridgehead atoms. The Bertz CT molecular complexity index is 265. The fourth-order valence-electron chi connectivity index (χ4n) is 3.20. The van der Waals surface area contributed by atoms with Crippen molar-refractivity contribution in [3.05, 3.63) is 0 Å². The van der Waals surface area contributed by atoms with Gasteiger partial charge in [0.15, 0.2) is 0 Å². The molecule has 0 heterocycles. The lowest BCUT2D eigenvalue weighted by atomic mass is 9.83. The van der Waals surface area contributed by atoms with E-state index in [1.54, 1.807) is 0 Å². The van der Waals surface area contributed by atoms with Crippen molar-refractivity contribution in [2.45, 2.75) is 91.9 Å². The van der Waals surface area contributed by atoms with Crippen LogP contribution in [0.5, 0.6) is 0 Å². The van der Waals surface area contributed by atoms with Crippen LogP contribution in [-0.2, 0) is 11.2 Å². The summed E-state index contributed by atoms with van der Waals surface area (Å²) in [5, 5.41) is 17.8. The summed E-state index contributed by atoms with van der Waals surface area (Å²) in [6.07, 6.45) is 10.6. The van der Waals surface area contributed by atoms with Gasteiger partial charge in [-0.2, -0.15) is 0 Å². The number of hydrogen-bond acceptors (Lipinski definition) is 3. The predicted octanol–water partition coefficient (Wildman–Crippen LogP) is 4.67. The van der Waals surface area contributed by atoms with E-state index in [0.29, 0.717) is 10.8 Å². The molecule has 0 aromatic rings. The van der Waals surface area contributed by atoms with Gasteiger partial charge in [0.05, 0.1) is 0 Å². The van der Waals surface area contributed by atoms with Gasteiger partial charge in [0.1, 0.15) is 11.5 Å². The zero-order valence-corrected chi connectivity index (χ0v) is 17.4. The summed E-state index contributed by atoms with van der Waals surface area (Å²) in [4.78, 5) is 0. The summed E-state index contributed by atoms with van der Waals surface area (Å²) in [6, 6.07) is 0. The fourth-order valence-corrected chi connectivity index (χ4v) is 4.46. The highest BCUT2D eigenvalue weighted by Crippen LogP contribution is 2.30. The highest BCUT2D eigenvalue weighted by Gasteiger charge is 2.18. The summed E-state index contributed by atoms with van der Waals surface area (Å²) in [7, 11) is 0. The maximum atomic E-state index is 12.1. The molecule has 4 heteroatoms. The van der Waals surface area contributed by atoms with E-state index in [4.69, 9.17) is 10.2 Å². The quantitative estimate of drug-likeness (QED) is 0.310. The highest BCUT2D eigenvalue weighted by molar-refractivity contribution is 7.91. The van der Waals surface area contributed by atoms with E-state index in [1.165, 1.54) is 0 Å². The van der Waals surface area contributed by atoms with Gasteiger partial charge in [-0.05, 0) is 75.0 Å². The Kier molecular flexibility index (Phi) is 13.6. The Morgan fingerprint density at radius 2 is 0.958 bits per heavy atom. The first-order chi connectivity index (χ1) is 11.2. The molecule has 2 N–H and O–H groups in total. The minimum absolute atomic E-state index is 0.282. The molecular weight excluding hydrogens is 320 g/mol. The summed E-state index contributed by atoms with van der Waals surface area (Å²) < 4.78 is 12.1. The number of rotatable bonds is 16. The van der Waals surface area contributed by atoms with Gasteiger partial charge in [0.25, 0.3) is 0 Å². The normalized spacial score (nSPS) is 13.0. The first kappa shape index (κ1) is 24.2. The van der Waals surface area contributed by atoms with Crippen LogP contribution in [0.2, 0.25) is 0 Å². The molecular formula is C20H42O3S. The third kappa shape index (κ3) is 14.6. The number of aliphatic hydroxyl groups is 2. The molecule has 0 atom stereocenters. The van der Waals surface area contributed by atoms with Crippen LogP contribution >= 0.6 is 0 Å². The maximum Gasteiger partial charge on any atom is 0.105 e. The second kappa shape index (κ2) is 13.4. The lowest BCUT2D eigenvalue weighted by Gasteiger charge is -2.24. The molecule has 0 amide bonds. The van der Waals surface area contributed by atoms with Gasteiger partial charge in [-0.25, -0.2) is 0 Å². The molecule has 0 fully saturated rings. The van der Waals surface area contributed by atoms with E-state index in [-0.39, 0.29) is 13.2 Å². The van der Waals surface area contributed by atoms with Crippen molar-refractivity contribution in [2.24, 2.45) is 10.8 Å². The molecule has 0 aromatic heterocycles. The Hall–Kier alpha value is 0.230. The Balaban J connectivity index is 3.64. The van der Waals surface area contributed by atoms with Crippen molar-refractivity contribution in [2.75, 3.05) is 24.7 Å². The lowest BCUT2D eigenvalue weighted by Crippen LogP contribution is -2.16. The van der Waals surface area contributed by atoms with E-state index in [9.17, 15) is 4.55 Å². The van der Waals surface area contributed by atoms with Crippen molar-refractivity contribution < 1.29 is 14.8 Å². The van der Waals surface area contributed by atoms with Gasteiger partial charge < -0.3 is 14.8 Å². The van der Waals surface area contributed by atoms with Crippen molar-refractivity contribution in [1.82, 2.24) is 0 Å². The molecule has 146 valence electrons. The minimum atomic E-state index is -0.667. The van der Waals surface area contributed by atoms with Crippen LogP contribution in [0, 0.1) is 10.8 Å². The summed E-state index contributed by atoms with van der Waals surface area (Å²) in [5.41, 5.74) is 0.592. The van der Waals surface area contributed by atoms with Gasteiger partial charge in [0.2, 0.25) is 0 Å². The average molecular weight is 363 g/mol. The van der Waals surface area contributed by atoms with Gasteiger partial charge in [-0.1, -0.05) is 38.9 Å². The number of aliphatic hydroxyl groups excluding tert-OH is 2. The Morgan fingerprint density at radius 1 is 0.625 bits per heavy atom. The van der Waals surface area contributed by atoms with Crippen LogP contribution in [0.15, 0.2) is 0 Å². The molecule has 0 saturated heterocycles. The lowest BCUT2D eigenvalue weighted by molar-refractivity contribution is 0.229. The monoisotopic (exact) mass is 362 g/mol. The summed E-state index contributed by atoms with van der Waals surface area (Å²) in [5.74, 6) is 1.67. The molecule has 0 rings (SSSR count). The maximum absolute atomic E-state index is 12.1. The molecule has 0 unspecified atom stereocenters. The van der Waals surface area contributed by atoms with E-state index in [2.05, 4.69) is 27.7 Å². The molecule has 0 radical (unpaired) electrons. The summed E-state index contributed by atoms with van der Waals surface area (Å²) in [6.45, 7) is 9.61. The standard InChI is InChI=1S/C20H42O3S/c1-19(2,13-9-15-21)11-5-7-17-24(23)18-8-6-12-20(3,4)14-10-16-22/h21-22H,5-18H2,1-4H3. The zero-order chi connectivity index (χ0) is 18.5. The second-order valence-corrected chi connectivity index (χ2v) is 10.4. The molecule has 0 aliphatic rings. The van der Waals surface area contributed by atoms with Crippen molar-refractivity contribution >= 4 is 11.2 Å². The number of unbranched alkanes of at least 4 members (excludes halogenated alkanes) is 2. The van der Waals surface area contributed by atoms with Gasteiger partial charge >= 0.3 is 0 Å². The first-order valence-electron chi connectivity index (χ1n) is 9.79. The highest BCUT2D eigenvalue weighted by atomic mass is 32.2. The summed E-state index contributed by atoms with van der Waals surface area (Å²) >= 11 is -0.667. The van der Waals surface area contributed by atoms with E-state index in [0.717, 1.165) is 75.7 Å². The minimum Gasteiger partial charge on any atom is -0.616 e. The van der Waals surface area contributed by atoms with Crippen LogP contribution in [0.4, 0.5) is 0 Å². The van der Waals surface area contributed by atoms with E-state index < -0.39 is 11.2 Å². The average Bonchev–Trinajstić information content (AvgIpc) is 2.52. The van der Waals surface area contributed by atoms with Crippen LogP contribution < -0.4 is 0 Å². The van der Waals surface area contributed by atoms with Crippen LogP contribution in [0.25, 0.3) is 0 Å². The third-order valence-corrected chi connectivity index (χ3v) is 6.46. The zero-order valence-electron chi connectivity index (χ0n) is 16.6. The van der Waals surface area contributed by atoms with Crippen molar-refractivity contribution in [3.63, 3.8) is 0 Å². The third-order valence-electron chi connectivity index (χ3n) is 4.97.